The second-order valence-corrected chi connectivity index (χ2v) is 6.44. The highest BCUT2D eigenvalue weighted by Gasteiger charge is 2.12. The van der Waals surface area contributed by atoms with Crippen LogP contribution < -0.4 is 15.8 Å². The van der Waals surface area contributed by atoms with E-state index in [2.05, 4.69) is 19.2 Å². The van der Waals surface area contributed by atoms with Gasteiger partial charge in [0.05, 0.1) is 12.6 Å². The smallest absolute Gasteiger partial charge is 0.237 e. The van der Waals surface area contributed by atoms with E-state index >= 15 is 0 Å². The lowest BCUT2D eigenvalue weighted by molar-refractivity contribution is -0.122. The molecule has 1 rings (SSSR count). The minimum atomic E-state index is -0.433. The van der Waals surface area contributed by atoms with Gasteiger partial charge < -0.3 is 15.8 Å². The summed E-state index contributed by atoms with van der Waals surface area (Å²) in [6, 6.07) is 7.35. The number of hydrogen-bond donors (Lipinski definition) is 2. The molecule has 1 aromatic rings. The SMILES string of the molecule is CSCC[C@H](N)C(=O)NCc1cccc(OCC(C)C)c1.Cl. The Labute approximate surface area is 144 Å². The number of benzene rings is 1. The fourth-order valence-corrected chi connectivity index (χ4v) is 2.19. The molecule has 0 saturated heterocycles. The highest BCUT2D eigenvalue weighted by molar-refractivity contribution is 7.98. The van der Waals surface area contributed by atoms with E-state index in [9.17, 15) is 4.79 Å². The summed E-state index contributed by atoms with van der Waals surface area (Å²) in [5.74, 6) is 2.12. The van der Waals surface area contributed by atoms with Crippen LogP contribution in [0, 0.1) is 5.92 Å². The van der Waals surface area contributed by atoms with Crippen molar-refractivity contribution in [3.63, 3.8) is 0 Å². The summed E-state index contributed by atoms with van der Waals surface area (Å²) in [6.07, 6.45) is 2.71. The van der Waals surface area contributed by atoms with E-state index in [1.54, 1.807) is 11.8 Å². The molecule has 0 spiro atoms. The zero-order valence-electron chi connectivity index (χ0n) is 13.5. The largest absolute Gasteiger partial charge is 0.493 e. The number of hydrogen-bond acceptors (Lipinski definition) is 4. The minimum Gasteiger partial charge on any atom is -0.493 e. The van der Waals surface area contributed by atoms with Crippen LogP contribution in [0.5, 0.6) is 5.75 Å². The average molecular weight is 347 g/mol. The first-order chi connectivity index (χ1) is 10.0. The molecule has 0 heterocycles. The molecular weight excluding hydrogens is 320 g/mol. The average Bonchev–Trinajstić information content (AvgIpc) is 2.48. The van der Waals surface area contributed by atoms with E-state index in [1.165, 1.54) is 0 Å². The number of rotatable bonds is 9. The molecule has 0 radical (unpaired) electrons. The van der Waals surface area contributed by atoms with Crippen LogP contribution in [0.25, 0.3) is 0 Å². The van der Waals surface area contributed by atoms with Gasteiger partial charge in [-0.1, -0.05) is 26.0 Å². The maximum Gasteiger partial charge on any atom is 0.237 e. The van der Waals surface area contributed by atoms with Crippen molar-refractivity contribution in [2.24, 2.45) is 11.7 Å². The van der Waals surface area contributed by atoms with Crippen molar-refractivity contribution >= 4 is 30.1 Å². The molecule has 1 amide bonds. The fraction of sp³-hybridized carbons (Fsp3) is 0.562. The number of halogens is 1. The molecule has 0 aromatic heterocycles. The molecular formula is C16H27ClN2O2S. The summed E-state index contributed by atoms with van der Waals surface area (Å²) in [7, 11) is 0. The number of carbonyl (C=O) groups is 1. The zero-order chi connectivity index (χ0) is 15.7. The molecule has 0 fully saturated rings. The van der Waals surface area contributed by atoms with E-state index in [-0.39, 0.29) is 18.3 Å². The number of nitrogens with one attached hydrogen (secondary N) is 1. The lowest BCUT2D eigenvalue weighted by Gasteiger charge is -2.13. The molecule has 0 saturated carbocycles. The van der Waals surface area contributed by atoms with E-state index in [4.69, 9.17) is 10.5 Å². The van der Waals surface area contributed by atoms with E-state index < -0.39 is 6.04 Å². The van der Waals surface area contributed by atoms with Crippen LogP contribution in [0.1, 0.15) is 25.8 Å². The third kappa shape index (κ3) is 8.51. The van der Waals surface area contributed by atoms with Gasteiger partial charge in [0, 0.05) is 6.54 Å². The lowest BCUT2D eigenvalue weighted by atomic mass is 10.2. The molecule has 4 nitrogen and oxygen atoms in total. The molecule has 1 aromatic carbocycles. The number of thioether (sulfide) groups is 1. The number of ether oxygens (including phenoxy) is 1. The van der Waals surface area contributed by atoms with Crippen LogP contribution in [0.15, 0.2) is 24.3 Å². The Hall–Kier alpha value is -0.910. The van der Waals surface area contributed by atoms with Crippen LogP contribution in [0.2, 0.25) is 0 Å². The normalized spacial score (nSPS) is 11.7. The Morgan fingerprint density at radius 2 is 2.14 bits per heavy atom. The van der Waals surface area contributed by atoms with Crippen molar-refractivity contribution < 1.29 is 9.53 Å². The van der Waals surface area contributed by atoms with Crippen LogP contribution in [0.4, 0.5) is 0 Å². The third-order valence-electron chi connectivity index (χ3n) is 2.92. The van der Waals surface area contributed by atoms with E-state index in [0.717, 1.165) is 17.1 Å². The highest BCUT2D eigenvalue weighted by Crippen LogP contribution is 2.14. The lowest BCUT2D eigenvalue weighted by Crippen LogP contribution is -2.40. The van der Waals surface area contributed by atoms with E-state index in [0.29, 0.717) is 25.5 Å². The predicted molar refractivity (Wildman–Crippen MR) is 96.8 cm³/mol. The van der Waals surface area contributed by atoms with Gasteiger partial charge in [-0.25, -0.2) is 0 Å². The summed E-state index contributed by atoms with van der Waals surface area (Å²) >= 11 is 1.69. The number of nitrogens with two attached hydrogens (primary N) is 1. The molecule has 3 N–H and O–H groups in total. The minimum absolute atomic E-state index is 0. The Morgan fingerprint density at radius 3 is 2.77 bits per heavy atom. The van der Waals surface area contributed by atoms with Crippen LogP contribution in [-0.4, -0.2) is 30.6 Å². The van der Waals surface area contributed by atoms with Crippen LogP contribution in [-0.2, 0) is 11.3 Å². The third-order valence-corrected chi connectivity index (χ3v) is 3.56. The van der Waals surface area contributed by atoms with Crippen molar-refractivity contribution in [2.45, 2.75) is 32.9 Å². The monoisotopic (exact) mass is 346 g/mol. The number of carbonyl (C=O) groups excluding carboxylic acids is 1. The topological polar surface area (TPSA) is 64.4 Å². The summed E-state index contributed by atoms with van der Waals surface area (Å²) in [5, 5.41) is 2.87. The van der Waals surface area contributed by atoms with Crippen LogP contribution in [0.3, 0.4) is 0 Å². The molecule has 0 aliphatic rings. The molecule has 0 aliphatic heterocycles. The second kappa shape index (κ2) is 11.6. The molecule has 126 valence electrons. The van der Waals surface area contributed by atoms with Gasteiger partial charge in [0.15, 0.2) is 0 Å². The zero-order valence-corrected chi connectivity index (χ0v) is 15.1. The van der Waals surface area contributed by atoms with Gasteiger partial charge in [-0.3, -0.25) is 4.79 Å². The van der Waals surface area contributed by atoms with Crippen LogP contribution >= 0.6 is 24.2 Å². The quantitative estimate of drug-likeness (QED) is 0.721. The van der Waals surface area contributed by atoms with Gasteiger partial charge in [0.2, 0.25) is 5.91 Å². The summed E-state index contributed by atoms with van der Waals surface area (Å²) in [6.45, 7) is 5.39. The summed E-state index contributed by atoms with van der Waals surface area (Å²) in [4.78, 5) is 11.8. The van der Waals surface area contributed by atoms with Gasteiger partial charge in [-0.2, -0.15) is 11.8 Å². The molecule has 22 heavy (non-hydrogen) atoms. The predicted octanol–water partition coefficient (Wildman–Crippen LogP) is 2.84. The highest BCUT2D eigenvalue weighted by atomic mass is 35.5. The van der Waals surface area contributed by atoms with Gasteiger partial charge in [0.1, 0.15) is 5.75 Å². The standard InChI is InChI=1S/C16H26N2O2S.ClH/c1-12(2)11-20-14-6-4-5-13(9-14)10-18-16(19)15(17)7-8-21-3;/h4-6,9,12,15H,7-8,10-11,17H2,1-3H3,(H,18,19);1H/t15-;/m0./s1. The second-order valence-electron chi connectivity index (χ2n) is 5.46. The first-order valence-electron chi connectivity index (χ1n) is 7.27. The van der Waals surface area contributed by atoms with Crippen molar-refractivity contribution in [1.82, 2.24) is 5.32 Å². The van der Waals surface area contributed by atoms with Crippen molar-refractivity contribution in [1.29, 1.82) is 0 Å². The van der Waals surface area contributed by atoms with Crippen molar-refractivity contribution in [2.75, 3.05) is 18.6 Å². The van der Waals surface area contributed by atoms with Gasteiger partial charge in [0.25, 0.3) is 0 Å². The van der Waals surface area contributed by atoms with Gasteiger partial charge in [-0.05, 0) is 42.0 Å². The number of amides is 1. The fourth-order valence-electron chi connectivity index (χ4n) is 1.70. The van der Waals surface area contributed by atoms with Gasteiger partial charge in [-0.15, -0.1) is 12.4 Å². The van der Waals surface area contributed by atoms with Crippen molar-refractivity contribution in [3.05, 3.63) is 29.8 Å². The molecule has 1 atom stereocenters. The molecule has 6 heteroatoms. The Bertz CT molecular complexity index is 444. The first-order valence-corrected chi connectivity index (χ1v) is 8.66. The molecule has 0 aliphatic carbocycles. The Morgan fingerprint density at radius 1 is 1.41 bits per heavy atom. The maximum absolute atomic E-state index is 11.8. The van der Waals surface area contributed by atoms with Crippen molar-refractivity contribution in [3.8, 4) is 5.75 Å². The summed E-state index contributed by atoms with van der Waals surface area (Å²) in [5.41, 5.74) is 6.84. The summed E-state index contributed by atoms with van der Waals surface area (Å²) < 4.78 is 5.68. The molecule has 0 unspecified atom stereocenters. The van der Waals surface area contributed by atoms with Gasteiger partial charge >= 0.3 is 0 Å². The first kappa shape index (κ1) is 21.1. The Kier molecular flexibility index (Phi) is 11.1. The van der Waals surface area contributed by atoms with E-state index in [1.807, 2.05) is 30.5 Å². The molecule has 0 bridgehead atoms. The Balaban J connectivity index is 0.00000441. The maximum atomic E-state index is 11.8.